The Morgan fingerprint density at radius 2 is 1.72 bits per heavy atom. The first-order valence-electron chi connectivity index (χ1n) is 9.57. The summed E-state index contributed by atoms with van der Waals surface area (Å²) in [6.07, 6.45) is 2.73. The molecule has 6 heteroatoms. The molecule has 3 N–H and O–H groups in total. The number of aliphatic imine (C=N–C) groups is 1. The van der Waals surface area contributed by atoms with Gasteiger partial charge in [-0.25, -0.2) is 4.99 Å². The lowest BCUT2D eigenvalue weighted by molar-refractivity contribution is 0.287. The highest BCUT2D eigenvalue weighted by molar-refractivity contribution is 14.0. The van der Waals surface area contributed by atoms with Crippen molar-refractivity contribution in [2.45, 2.75) is 33.0 Å². The van der Waals surface area contributed by atoms with Crippen LogP contribution in [0.4, 0.5) is 5.69 Å². The van der Waals surface area contributed by atoms with E-state index in [0.717, 1.165) is 31.0 Å². The van der Waals surface area contributed by atoms with Crippen LogP contribution >= 0.6 is 24.0 Å². The van der Waals surface area contributed by atoms with Crippen molar-refractivity contribution in [1.82, 2.24) is 4.90 Å². The van der Waals surface area contributed by atoms with E-state index < -0.39 is 0 Å². The number of nitrogens with two attached hydrogens (primary N) is 1. The van der Waals surface area contributed by atoms with Gasteiger partial charge in [-0.15, -0.1) is 24.0 Å². The van der Waals surface area contributed by atoms with E-state index in [4.69, 9.17) is 10.2 Å². The Kier molecular flexibility index (Phi) is 9.21. The number of nitrogens with one attached hydrogen (secondary N) is 1. The van der Waals surface area contributed by atoms with Gasteiger partial charge in [-0.05, 0) is 54.4 Å². The summed E-state index contributed by atoms with van der Waals surface area (Å²) in [5.41, 5.74) is 10.7. The van der Waals surface area contributed by atoms with Gasteiger partial charge in [-0.2, -0.15) is 0 Å². The second-order valence-corrected chi connectivity index (χ2v) is 6.90. The quantitative estimate of drug-likeness (QED) is 0.257. The molecule has 3 aromatic rings. The molecule has 1 heterocycles. The van der Waals surface area contributed by atoms with Gasteiger partial charge in [-0.3, -0.25) is 4.90 Å². The average molecular weight is 504 g/mol. The number of nitrogens with zero attached hydrogens (tertiary/aromatic N) is 2. The Balaban J connectivity index is 0.00000300. The van der Waals surface area contributed by atoms with Crippen molar-refractivity contribution in [3.8, 4) is 0 Å². The standard InChI is InChI=1S/C23H28N4O.HI/c1-3-18-10-12-21(13-11-18)26-23(24)25-15-19-7-4-5-8-20(19)16-27(2)17-22-9-6-14-28-22;/h4-14H,3,15-17H2,1-2H3,(H3,24,25,26);1H. The monoisotopic (exact) mass is 504 g/mol. The summed E-state index contributed by atoms with van der Waals surface area (Å²) >= 11 is 0. The number of benzene rings is 2. The smallest absolute Gasteiger partial charge is 0.193 e. The summed E-state index contributed by atoms with van der Waals surface area (Å²) in [7, 11) is 2.08. The van der Waals surface area contributed by atoms with Crippen molar-refractivity contribution in [2.75, 3.05) is 12.4 Å². The van der Waals surface area contributed by atoms with Crippen molar-refractivity contribution >= 4 is 35.6 Å². The summed E-state index contributed by atoms with van der Waals surface area (Å²) in [6.45, 7) is 4.26. The maximum atomic E-state index is 6.08. The lowest BCUT2D eigenvalue weighted by atomic mass is 10.1. The van der Waals surface area contributed by atoms with Crippen LogP contribution in [-0.2, 0) is 26.1 Å². The molecule has 0 bridgehead atoms. The molecule has 0 amide bonds. The number of rotatable bonds is 8. The highest BCUT2D eigenvalue weighted by atomic mass is 127. The average Bonchev–Trinajstić information content (AvgIpc) is 3.21. The van der Waals surface area contributed by atoms with Gasteiger partial charge in [0.05, 0.1) is 19.4 Å². The Bertz CT molecular complexity index is 892. The third-order valence-corrected chi connectivity index (χ3v) is 4.62. The van der Waals surface area contributed by atoms with Gasteiger partial charge in [0, 0.05) is 12.2 Å². The SMILES string of the molecule is CCc1ccc(NC(N)=NCc2ccccc2CN(C)Cc2ccco2)cc1.I. The Hall–Kier alpha value is -2.32. The first-order valence-corrected chi connectivity index (χ1v) is 9.57. The van der Waals surface area contributed by atoms with E-state index in [2.05, 4.69) is 59.5 Å². The van der Waals surface area contributed by atoms with Crippen molar-refractivity contribution in [1.29, 1.82) is 0 Å². The highest BCUT2D eigenvalue weighted by Crippen LogP contribution is 2.15. The van der Waals surface area contributed by atoms with Gasteiger partial charge in [0.25, 0.3) is 0 Å². The van der Waals surface area contributed by atoms with Gasteiger partial charge < -0.3 is 15.5 Å². The fourth-order valence-electron chi connectivity index (χ4n) is 3.06. The fourth-order valence-corrected chi connectivity index (χ4v) is 3.06. The third-order valence-electron chi connectivity index (χ3n) is 4.62. The minimum atomic E-state index is 0. The molecule has 0 unspecified atom stereocenters. The molecule has 0 atom stereocenters. The Morgan fingerprint density at radius 1 is 1.00 bits per heavy atom. The fraction of sp³-hybridized carbons (Fsp3) is 0.261. The first-order chi connectivity index (χ1) is 13.6. The van der Waals surface area contributed by atoms with E-state index >= 15 is 0 Å². The van der Waals surface area contributed by atoms with Crippen LogP contribution in [0, 0.1) is 0 Å². The molecule has 0 radical (unpaired) electrons. The zero-order chi connectivity index (χ0) is 19.8. The Morgan fingerprint density at radius 3 is 2.38 bits per heavy atom. The second-order valence-electron chi connectivity index (χ2n) is 6.90. The summed E-state index contributed by atoms with van der Waals surface area (Å²) in [6, 6.07) is 20.5. The Labute approximate surface area is 190 Å². The van der Waals surface area contributed by atoms with E-state index in [1.807, 2.05) is 30.3 Å². The molecule has 154 valence electrons. The van der Waals surface area contributed by atoms with Crippen LogP contribution in [0.15, 0.2) is 76.3 Å². The summed E-state index contributed by atoms with van der Waals surface area (Å²) in [5, 5.41) is 3.16. The number of anilines is 1. The predicted molar refractivity (Wildman–Crippen MR) is 131 cm³/mol. The molecule has 0 saturated carbocycles. The van der Waals surface area contributed by atoms with Crippen LogP contribution in [0.3, 0.4) is 0 Å². The molecule has 0 spiro atoms. The van der Waals surface area contributed by atoms with Crippen molar-refractivity contribution in [3.63, 3.8) is 0 Å². The molecule has 0 fully saturated rings. The molecule has 0 aliphatic carbocycles. The van der Waals surface area contributed by atoms with Crippen molar-refractivity contribution in [2.24, 2.45) is 10.7 Å². The van der Waals surface area contributed by atoms with E-state index in [9.17, 15) is 0 Å². The lowest BCUT2D eigenvalue weighted by Crippen LogP contribution is -2.23. The van der Waals surface area contributed by atoms with Crippen LogP contribution in [0.1, 0.15) is 29.4 Å². The summed E-state index contributed by atoms with van der Waals surface area (Å²) in [4.78, 5) is 6.74. The number of hydrogen-bond acceptors (Lipinski definition) is 3. The normalized spacial score (nSPS) is 11.3. The molecule has 29 heavy (non-hydrogen) atoms. The van der Waals surface area contributed by atoms with Crippen molar-refractivity contribution in [3.05, 3.63) is 89.4 Å². The largest absolute Gasteiger partial charge is 0.468 e. The maximum Gasteiger partial charge on any atom is 0.193 e. The zero-order valence-electron chi connectivity index (χ0n) is 17.0. The van der Waals surface area contributed by atoms with Gasteiger partial charge in [0.15, 0.2) is 5.96 Å². The van der Waals surface area contributed by atoms with Gasteiger partial charge in [-0.1, -0.05) is 43.3 Å². The second kappa shape index (κ2) is 11.6. The van der Waals surface area contributed by atoms with Gasteiger partial charge >= 0.3 is 0 Å². The van der Waals surface area contributed by atoms with Gasteiger partial charge in [0.1, 0.15) is 5.76 Å². The molecular weight excluding hydrogens is 475 g/mol. The van der Waals surface area contributed by atoms with Crippen LogP contribution in [0.5, 0.6) is 0 Å². The molecule has 2 aromatic carbocycles. The first kappa shape index (κ1) is 23.0. The van der Waals surface area contributed by atoms with E-state index in [0.29, 0.717) is 12.5 Å². The zero-order valence-corrected chi connectivity index (χ0v) is 19.3. The minimum absolute atomic E-state index is 0. The number of aryl methyl sites for hydroxylation is 1. The van der Waals surface area contributed by atoms with Gasteiger partial charge in [0.2, 0.25) is 0 Å². The highest BCUT2D eigenvalue weighted by Gasteiger charge is 2.07. The predicted octanol–water partition coefficient (Wildman–Crippen LogP) is 5.02. The summed E-state index contributed by atoms with van der Waals surface area (Å²) in [5.74, 6) is 1.38. The topological polar surface area (TPSA) is 66.8 Å². The third kappa shape index (κ3) is 7.21. The van der Waals surface area contributed by atoms with Crippen molar-refractivity contribution < 1.29 is 4.42 Å². The molecule has 0 aliphatic rings. The molecule has 0 saturated heterocycles. The number of guanidine groups is 1. The van der Waals surface area contributed by atoms with Crippen LogP contribution in [-0.4, -0.2) is 17.9 Å². The van der Waals surface area contributed by atoms with Crippen LogP contribution in [0.2, 0.25) is 0 Å². The lowest BCUT2D eigenvalue weighted by Gasteiger charge is -2.17. The van der Waals surface area contributed by atoms with Crippen LogP contribution < -0.4 is 11.1 Å². The molecule has 0 aliphatic heterocycles. The summed E-state index contributed by atoms with van der Waals surface area (Å²) < 4.78 is 5.43. The maximum absolute atomic E-state index is 6.08. The number of halogens is 1. The molecule has 1 aromatic heterocycles. The van der Waals surface area contributed by atoms with Crippen LogP contribution in [0.25, 0.3) is 0 Å². The molecule has 3 rings (SSSR count). The van der Waals surface area contributed by atoms with E-state index in [1.165, 1.54) is 16.7 Å². The minimum Gasteiger partial charge on any atom is -0.468 e. The van der Waals surface area contributed by atoms with E-state index in [-0.39, 0.29) is 24.0 Å². The number of hydrogen-bond donors (Lipinski definition) is 2. The number of furan rings is 1. The molecule has 5 nitrogen and oxygen atoms in total. The molecular formula is C23H29IN4O. The van der Waals surface area contributed by atoms with E-state index in [1.54, 1.807) is 6.26 Å².